The van der Waals surface area contributed by atoms with Gasteiger partial charge in [-0.25, -0.2) is 17.5 Å². The molecular formula is C24H26N4O6S. The van der Waals surface area contributed by atoms with Crippen molar-refractivity contribution in [2.45, 2.75) is 38.0 Å². The van der Waals surface area contributed by atoms with Crippen molar-refractivity contribution in [1.82, 2.24) is 14.9 Å². The molecule has 2 aromatic rings. The van der Waals surface area contributed by atoms with Crippen molar-refractivity contribution in [1.29, 1.82) is 5.26 Å². The van der Waals surface area contributed by atoms with Crippen molar-refractivity contribution in [3.05, 3.63) is 59.7 Å². The second-order valence-electron chi connectivity index (χ2n) is 8.79. The zero-order chi connectivity index (χ0) is 25.1. The van der Waals surface area contributed by atoms with Crippen LogP contribution in [0.4, 0.5) is 4.79 Å². The van der Waals surface area contributed by atoms with E-state index in [0.717, 1.165) is 5.56 Å². The van der Waals surface area contributed by atoms with Gasteiger partial charge in [0, 0.05) is 13.1 Å². The predicted octanol–water partition coefficient (Wildman–Crippen LogP) is 1.91. The van der Waals surface area contributed by atoms with E-state index in [1.807, 2.05) is 12.1 Å². The molecule has 2 aliphatic heterocycles. The van der Waals surface area contributed by atoms with Crippen LogP contribution >= 0.6 is 0 Å². The van der Waals surface area contributed by atoms with Gasteiger partial charge in [-0.2, -0.15) is 5.26 Å². The molecule has 2 N–H and O–H groups in total. The largest absolute Gasteiger partial charge is 0.490 e. The summed E-state index contributed by atoms with van der Waals surface area (Å²) in [6.07, 6.45) is 0.858. The minimum atomic E-state index is -3.75. The maximum atomic E-state index is 12.8. The molecule has 0 radical (unpaired) electrons. The Bertz CT molecular complexity index is 1250. The average Bonchev–Trinajstić information content (AvgIpc) is 3.09. The van der Waals surface area contributed by atoms with Gasteiger partial charge in [-0.1, -0.05) is 12.1 Å². The molecule has 2 heterocycles. The number of piperidine rings is 1. The summed E-state index contributed by atoms with van der Waals surface area (Å²) in [5.74, 6) is 0.179. The highest BCUT2D eigenvalue weighted by Gasteiger charge is 2.46. The molecule has 0 saturated carbocycles. The molecule has 3 amide bonds. The van der Waals surface area contributed by atoms with Crippen LogP contribution in [0.25, 0.3) is 0 Å². The second-order valence-corrected chi connectivity index (χ2v) is 10.8. The van der Waals surface area contributed by atoms with Gasteiger partial charge >= 0.3 is 6.03 Å². The maximum Gasteiger partial charge on any atom is 0.322 e. The SMILES string of the molecule is C[C@]1(CS(=O)(=O)N2CCC(Oc3ccc(OCc4cccc(C#N)c4)cc3)CC2)NC(=O)NC1=O. The number of imide groups is 1. The van der Waals surface area contributed by atoms with Crippen LogP contribution in [0.15, 0.2) is 48.5 Å². The fourth-order valence-electron chi connectivity index (χ4n) is 4.07. The van der Waals surface area contributed by atoms with E-state index in [0.29, 0.717) is 36.5 Å². The fourth-order valence-corrected chi connectivity index (χ4v) is 5.95. The summed E-state index contributed by atoms with van der Waals surface area (Å²) in [6.45, 7) is 2.27. The van der Waals surface area contributed by atoms with Gasteiger partial charge in [-0.3, -0.25) is 10.1 Å². The molecule has 1 atom stereocenters. The number of amides is 3. The molecule has 0 unspecified atom stereocenters. The van der Waals surface area contributed by atoms with Gasteiger partial charge < -0.3 is 14.8 Å². The topological polar surface area (TPSA) is 138 Å². The molecule has 2 aliphatic rings. The minimum absolute atomic E-state index is 0.146. The Hall–Kier alpha value is -3.62. The van der Waals surface area contributed by atoms with Crippen LogP contribution in [-0.4, -0.2) is 55.1 Å². The first-order valence-electron chi connectivity index (χ1n) is 11.2. The Morgan fingerprint density at radius 2 is 1.80 bits per heavy atom. The van der Waals surface area contributed by atoms with E-state index in [1.165, 1.54) is 11.2 Å². The summed E-state index contributed by atoms with van der Waals surface area (Å²) in [4.78, 5) is 23.4. The van der Waals surface area contributed by atoms with Crippen molar-refractivity contribution in [2.75, 3.05) is 18.8 Å². The maximum absolute atomic E-state index is 12.8. The van der Waals surface area contributed by atoms with Crippen molar-refractivity contribution < 1.29 is 27.5 Å². The van der Waals surface area contributed by atoms with E-state index in [2.05, 4.69) is 16.7 Å². The number of nitrogens with one attached hydrogen (secondary N) is 2. The van der Waals surface area contributed by atoms with E-state index in [1.54, 1.807) is 36.4 Å². The predicted molar refractivity (Wildman–Crippen MR) is 126 cm³/mol. The Kier molecular flexibility index (Phi) is 6.95. The number of nitrogens with zero attached hydrogens (tertiary/aromatic N) is 2. The molecule has 35 heavy (non-hydrogen) atoms. The lowest BCUT2D eigenvalue weighted by atomic mass is 10.1. The molecular weight excluding hydrogens is 472 g/mol. The van der Waals surface area contributed by atoms with Crippen LogP contribution in [0.2, 0.25) is 0 Å². The molecule has 184 valence electrons. The van der Waals surface area contributed by atoms with Gasteiger partial charge in [-0.15, -0.1) is 0 Å². The normalized spacial score (nSPS) is 21.1. The number of carbonyl (C=O) groups excluding carboxylic acids is 2. The lowest BCUT2D eigenvalue weighted by Gasteiger charge is -2.33. The third kappa shape index (κ3) is 5.90. The highest BCUT2D eigenvalue weighted by atomic mass is 32.2. The Morgan fingerprint density at radius 3 is 2.43 bits per heavy atom. The van der Waals surface area contributed by atoms with Crippen LogP contribution in [0, 0.1) is 11.3 Å². The molecule has 2 aromatic carbocycles. The van der Waals surface area contributed by atoms with Crippen LogP contribution in [-0.2, 0) is 21.4 Å². The highest BCUT2D eigenvalue weighted by Crippen LogP contribution is 2.25. The Morgan fingerprint density at radius 1 is 1.11 bits per heavy atom. The standard InChI is InChI=1S/C24H26N4O6S/c1-24(22(29)26-23(30)27-24)16-35(31,32)28-11-9-21(10-12-28)34-20-7-5-19(6-8-20)33-15-18-4-2-3-17(13-18)14-25/h2-8,13,21H,9-12,15-16H2,1H3,(H2,26,27,29,30)/t24-/m1/s1. The fraction of sp³-hybridized carbons (Fsp3) is 0.375. The third-order valence-electron chi connectivity index (χ3n) is 5.97. The summed E-state index contributed by atoms with van der Waals surface area (Å²) in [6, 6.07) is 15.8. The van der Waals surface area contributed by atoms with Crippen molar-refractivity contribution in [2.24, 2.45) is 0 Å². The first-order valence-corrected chi connectivity index (χ1v) is 12.8. The molecule has 0 aromatic heterocycles. The average molecular weight is 499 g/mol. The third-order valence-corrected chi connectivity index (χ3v) is 8.07. The van der Waals surface area contributed by atoms with Crippen molar-refractivity contribution in [3.8, 4) is 17.6 Å². The van der Waals surface area contributed by atoms with E-state index >= 15 is 0 Å². The van der Waals surface area contributed by atoms with Crippen LogP contribution in [0.1, 0.15) is 30.9 Å². The quantitative estimate of drug-likeness (QED) is 0.530. The summed E-state index contributed by atoms with van der Waals surface area (Å²) >= 11 is 0. The lowest BCUT2D eigenvalue weighted by Crippen LogP contribution is -2.53. The molecule has 0 spiro atoms. The van der Waals surface area contributed by atoms with Gasteiger partial charge in [-0.05, 0) is 61.7 Å². The first kappa shape index (κ1) is 24.5. The number of rotatable bonds is 8. The Balaban J connectivity index is 1.26. The van der Waals surface area contributed by atoms with Gasteiger partial charge in [0.15, 0.2) is 0 Å². The Labute approximate surface area is 203 Å². The van der Waals surface area contributed by atoms with E-state index in [-0.39, 0.29) is 19.2 Å². The molecule has 11 heteroatoms. The number of nitriles is 1. The van der Waals surface area contributed by atoms with Crippen LogP contribution in [0.3, 0.4) is 0 Å². The number of benzene rings is 2. The second kappa shape index (κ2) is 9.93. The highest BCUT2D eigenvalue weighted by molar-refractivity contribution is 7.89. The number of ether oxygens (including phenoxy) is 2. The van der Waals surface area contributed by atoms with Crippen molar-refractivity contribution in [3.63, 3.8) is 0 Å². The van der Waals surface area contributed by atoms with Gasteiger partial charge in [0.2, 0.25) is 10.0 Å². The number of carbonyl (C=O) groups is 2. The molecule has 2 saturated heterocycles. The summed E-state index contributed by atoms with van der Waals surface area (Å²) in [5, 5.41) is 13.5. The van der Waals surface area contributed by atoms with Crippen LogP contribution in [0.5, 0.6) is 11.5 Å². The summed E-state index contributed by atoms with van der Waals surface area (Å²) in [5.41, 5.74) is 0.000671. The van der Waals surface area contributed by atoms with Crippen molar-refractivity contribution >= 4 is 22.0 Å². The van der Waals surface area contributed by atoms with Gasteiger partial charge in [0.25, 0.3) is 5.91 Å². The number of hydrogen-bond acceptors (Lipinski definition) is 7. The zero-order valence-corrected chi connectivity index (χ0v) is 20.0. The summed E-state index contributed by atoms with van der Waals surface area (Å²) < 4.78 is 38.8. The molecule has 4 rings (SSSR count). The molecule has 2 fully saturated rings. The minimum Gasteiger partial charge on any atom is -0.490 e. The smallest absolute Gasteiger partial charge is 0.322 e. The number of sulfonamides is 1. The zero-order valence-electron chi connectivity index (χ0n) is 19.2. The number of hydrogen-bond donors (Lipinski definition) is 2. The number of urea groups is 1. The first-order chi connectivity index (χ1) is 16.7. The summed E-state index contributed by atoms with van der Waals surface area (Å²) in [7, 11) is -3.75. The van der Waals surface area contributed by atoms with Gasteiger partial charge in [0.1, 0.15) is 29.7 Å². The van der Waals surface area contributed by atoms with E-state index in [4.69, 9.17) is 14.7 Å². The van der Waals surface area contributed by atoms with Gasteiger partial charge in [0.05, 0.1) is 17.4 Å². The molecule has 10 nitrogen and oxygen atoms in total. The lowest BCUT2D eigenvalue weighted by molar-refractivity contribution is -0.122. The van der Waals surface area contributed by atoms with Crippen LogP contribution < -0.4 is 20.1 Å². The molecule has 0 bridgehead atoms. The van der Waals surface area contributed by atoms with E-state index < -0.39 is 33.3 Å². The monoisotopic (exact) mass is 498 g/mol. The molecule has 0 aliphatic carbocycles. The van der Waals surface area contributed by atoms with E-state index in [9.17, 15) is 18.0 Å².